The van der Waals surface area contributed by atoms with E-state index in [1.807, 2.05) is 60.7 Å². The van der Waals surface area contributed by atoms with Crippen LogP contribution in [-0.4, -0.2) is 27.4 Å². The summed E-state index contributed by atoms with van der Waals surface area (Å²) >= 11 is 6.63. The van der Waals surface area contributed by atoms with Crippen LogP contribution in [0.5, 0.6) is 0 Å². The van der Waals surface area contributed by atoms with Crippen molar-refractivity contribution in [1.82, 2.24) is 5.32 Å². The summed E-state index contributed by atoms with van der Waals surface area (Å²) in [5.74, 6) is -0.304. The van der Waals surface area contributed by atoms with Gasteiger partial charge < -0.3 is 5.32 Å². The number of hydrogen-bond donors (Lipinski definition) is 1. The Labute approximate surface area is 154 Å². The van der Waals surface area contributed by atoms with Gasteiger partial charge >= 0.3 is 0 Å². The molecule has 1 aliphatic rings. The van der Waals surface area contributed by atoms with Gasteiger partial charge in [-0.3, -0.25) is 9.00 Å². The highest BCUT2D eigenvalue weighted by atomic mass is 35.5. The Hall–Kier alpha value is -2.05. The average molecular weight is 376 g/mol. The van der Waals surface area contributed by atoms with Crippen LogP contribution in [0.4, 0.5) is 0 Å². The maximum atomic E-state index is 13.1. The van der Waals surface area contributed by atoms with Gasteiger partial charge in [0.2, 0.25) is 0 Å². The molecule has 25 heavy (non-hydrogen) atoms. The molecule has 4 atom stereocenters. The summed E-state index contributed by atoms with van der Waals surface area (Å²) in [4.78, 5) is 11.0. The number of nitrogens with one attached hydrogen (secondary N) is 1. The molecule has 0 unspecified atom stereocenters. The minimum Gasteiger partial charge on any atom is -0.356 e. The topological polar surface area (TPSA) is 70.9 Å². The zero-order valence-electron chi connectivity index (χ0n) is 13.6. The van der Waals surface area contributed by atoms with E-state index in [0.717, 1.165) is 11.1 Å². The van der Waals surface area contributed by atoms with Crippen LogP contribution < -0.4 is 5.32 Å². The van der Waals surface area contributed by atoms with E-state index in [4.69, 9.17) is 11.6 Å². The molecule has 5 nitrogen and oxygen atoms in total. The second-order valence-corrected chi connectivity index (χ2v) is 7.80. The van der Waals surface area contributed by atoms with E-state index in [2.05, 4.69) is 15.5 Å². The van der Waals surface area contributed by atoms with Gasteiger partial charge in [0, 0.05) is 7.05 Å². The smallest absolute Gasteiger partial charge is 0.264 e. The van der Waals surface area contributed by atoms with Crippen molar-refractivity contribution < 1.29 is 9.00 Å². The van der Waals surface area contributed by atoms with Crippen LogP contribution in [0.25, 0.3) is 0 Å². The van der Waals surface area contributed by atoms with Crippen molar-refractivity contribution in [3.05, 3.63) is 71.8 Å². The minimum atomic E-state index is -1.66. The fraction of sp³-hybridized carbons (Fsp3) is 0.278. The monoisotopic (exact) mass is 375 g/mol. The SMILES string of the molecule is CNC(=O)[C@@]1([S@](=O)Cc2ccccc2)N=N[C@@H](c2ccccc2)[C@@H]1Cl. The molecule has 0 radical (unpaired) electrons. The molecule has 1 heterocycles. The summed E-state index contributed by atoms with van der Waals surface area (Å²) in [7, 11) is -0.179. The molecule has 7 heteroatoms. The lowest BCUT2D eigenvalue weighted by molar-refractivity contribution is -0.122. The largest absolute Gasteiger partial charge is 0.356 e. The second-order valence-electron chi connectivity index (χ2n) is 5.72. The van der Waals surface area contributed by atoms with E-state index in [1.165, 1.54) is 7.05 Å². The van der Waals surface area contributed by atoms with Gasteiger partial charge in [-0.05, 0) is 11.1 Å². The number of halogens is 1. The van der Waals surface area contributed by atoms with Crippen LogP contribution in [0.3, 0.4) is 0 Å². The van der Waals surface area contributed by atoms with Gasteiger partial charge in [0.15, 0.2) is 0 Å². The third-order valence-corrected chi connectivity index (χ3v) is 6.66. The van der Waals surface area contributed by atoms with E-state index in [1.54, 1.807) is 0 Å². The first-order valence-corrected chi connectivity index (χ1v) is 9.60. The molecule has 0 fully saturated rings. The maximum absolute atomic E-state index is 13.1. The summed E-state index contributed by atoms with van der Waals surface area (Å²) in [6, 6.07) is 18.2. The lowest BCUT2D eigenvalue weighted by Gasteiger charge is -2.27. The van der Waals surface area contributed by atoms with Crippen molar-refractivity contribution >= 4 is 28.3 Å². The number of likely N-dealkylation sites (N-methyl/N-ethyl adjacent to an activating group) is 1. The zero-order chi connectivity index (χ0) is 17.9. The Bertz CT molecular complexity index is 800. The minimum absolute atomic E-state index is 0.179. The molecule has 3 rings (SSSR count). The highest BCUT2D eigenvalue weighted by Gasteiger charge is 2.57. The third kappa shape index (κ3) is 3.24. The molecule has 0 aromatic heterocycles. The standard InChI is InChI=1S/C18H18ClN3O2S/c1-20-17(23)18(25(24)12-13-8-4-2-5-9-13)16(19)15(21-22-18)14-10-6-3-7-11-14/h2-11,15-16H,12H2,1H3,(H,20,23)/t15-,16-,18+,25+/m0/s1. The van der Waals surface area contributed by atoms with Crippen molar-refractivity contribution in [3.63, 3.8) is 0 Å². The Morgan fingerprint density at radius 1 is 1.16 bits per heavy atom. The molecule has 1 amide bonds. The van der Waals surface area contributed by atoms with Crippen molar-refractivity contribution in [3.8, 4) is 0 Å². The molecule has 0 saturated heterocycles. The normalized spacial score (nSPS) is 26.3. The van der Waals surface area contributed by atoms with Crippen molar-refractivity contribution in [2.45, 2.75) is 22.0 Å². The Morgan fingerprint density at radius 3 is 2.36 bits per heavy atom. The average Bonchev–Trinajstić information content (AvgIpc) is 3.01. The molecule has 1 N–H and O–H groups in total. The lowest BCUT2D eigenvalue weighted by Crippen LogP contribution is -2.53. The summed E-state index contributed by atoms with van der Waals surface area (Å²) in [5, 5.41) is 10.1. The fourth-order valence-electron chi connectivity index (χ4n) is 2.82. The zero-order valence-corrected chi connectivity index (χ0v) is 15.2. The van der Waals surface area contributed by atoms with Gasteiger partial charge in [0.25, 0.3) is 10.8 Å². The summed E-state index contributed by atoms with van der Waals surface area (Å²) in [6.45, 7) is 0. The van der Waals surface area contributed by atoms with Crippen LogP contribution in [0.1, 0.15) is 17.2 Å². The number of alkyl halides is 1. The number of carbonyl (C=O) groups is 1. The van der Waals surface area contributed by atoms with Crippen LogP contribution in [0, 0.1) is 0 Å². The van der Waals surface area contributed by atoms with Crippen molar-refractivity contribution in [2.24, 2.45) is 10.2 Å². The van der Waals surface area contributed by atoms with Crippen LogP contribution >= 0.6 is 11.6 Å². The van der Waals surface area contributed by atoms with E-state index >= 15 is 0 Å². The van der Waals surface area contributed by atoms with Crippen molar-refractivity contribution in [2.75, 3.05) is 7.05 Å². The van der Waals surface area contributed by atoms with Gasteiger partial charge in [-0.15, -0.1) is 11.6 Å². The van der Waals surface area contributed by atoms with Crippen LogP contribution in [0.15, 0.2) is 70.9 Å². The van der Waals surface area contributed by atoms with Crippen LogP contribution in [-0.2, 0) is 21.3 Å². The highest BCUT2D eigenvalue weighted by molar-refractivity contribution is 7.86. The number of hydrogen-bond acceptors (Lipinski definition) is 4. The molecule has 0 bridgehead atoms. The van der Waals surface area contributed by atoms with Gasteiger partial charge in [-0.25, -0.2) is 0 Å². The van der Waals surface area contributed by atoms with Gasteiger partial charge in [-0.1, -0.05) is 60.7 Å². The van der Waals surface area contributed by atoms with Crippen LogP contribution in [0.2, 0.25) is 0 Å². The molecular weight excluding hydrogens is 358 g/mol. The summed E-state index contributed by atoms with van der Waals surface area (Å²) < 4.78 is 13.1. The van der Waals surface area contributed by atoms with E-state index in [-0.39, 0.29) is 5.75 Å². The van der Waals surface area contributed by atoms with Gasteiger partial charge in [0.05, 0.1) is 16.6 Å². The van der Waals surface area contributed by atoms with E-state index in [9.17, 15) is 9.00 Å². The Morgan fingerprint density at radius 2 is 1.76 bits per heavy atom. The predicted molar refractivity (Wildman–Crippen MR) is 98.8 cm³/mol. The summed E-state index contributed by atoms with van der Waals surface area (Å²) in [5.41, 5.74) is 1.69. The summed E-state index contributed by atoms with van der Waals surface area (Å²) in [6.07, 6.45) is 0. The molecular formula is C18H18ClN3O2S. The molecule has 0 saturated carbocycles. The third-order valence-electron chi connectivity index (χ3n) is 4.16. The van der Waals surface area contributed by atoms with Crippen molar-refractivity contribution in [1.29, 1.82) is 0 Å². The molecule has 1 aliphatic heterocycles. The predicted octanol–water partition coefficient (Wildman–Crippen LogP) is 3.19. The number of carbonyl (C=O) groups excluding carboxylic acids is 1. The number of benzene rings is 2. The number of azo groups is 1. The fourth-order valence-corrected chi connectivity index (χ4v) is 5.00. The molecule has 130 valence electrons. The quantitative estimate of drug-likeness (QED) is 0.815. The second kappa shape index (κ2) is 7.45. The first-order chi connectivity index (χ1) is 12.1. The first-order valence-electron chi connectivity index (χ1n) is 7.85. The van der Waals surface area contributed by atoms with E-state index in [0.29, 0.717) is 0 Å². The Balaban J connectivity index is 1.94. The number of nitrogens with zero attached hydrogens (tertiary/aromatic N) is 2. The van der Waals surface area contributed by atoms with Gasteiger partial charge in [0.1, 0.15) is 11.4 Å². The highest BCUT2D eigenvalue weighted by Crippen LogP contribution is 2.44. The Kier molecular flexibility index (Phi) is 5.30. The first kappa shape index (κ1) is 17.8. The maximum Gasteiger partial charge on any atom is 0.264 e. The molecule has 2 aromatic rings. The number of amides is 1. The van der Waals surface area contributed by atoms with E-state index < -0.39 is 33.0 Å². The number of rotatable bonds is 5. The molecule has 0 aliphatic carbocycles. The lowest BCUT2D eigenvalue weighted by atomic mass is 10.0. The van der Waals surface area contributed by atoms with Gasteiger partial charge in [-0.2, -0.15) is 10.2 Å². The molecule has 2 aromatic carbocycles. The molecule has 0 spiro atoms.